The normalized spacial score (nSPS) is 26.7. The highest BCUT2D eigenvalue weighted by Crippen LogP contribution is 2.21. The molecule has 15 heavy (non-hydrogen) atoms. The third kappa shape index (κ3) is 3.43. The predicted molar refractivity (Wildman–Crippen MR) is 67.7 cm³/mol. The molecule has 0 aromatic heterocycles. The van der Waals surface area contributed by atoms with Gasteiger partial charge in [-0.25, -0.2) is 0 Å². The Labute approximate surface area is 108 Å². The first kappa shape index (κ1) is 13.5. The van der Waals surface area contributed by atoms with Crippen LogP contribution in [0.25, 0.3) is 0 Å². The van der Waals surface area contributed by atoms with E-state index in [-0.39, 0.29) is 17.6 Å². The molecule has 1 saturated heterocycles. The van der Waals surface area contributed by atoms with Crippen molar-refractivity contribution in [3.8, 4) is 0 Å². The Bertz CT molecular complexity index is 231. The molecule has 0 aliphatic carbocycles. The van der Waals surface area contributed by atoms with Crippen molar-refractivity contribution >= 4 is 37.8 Å². The van der Waals surface area contributed by atoms with E-state index in [4.69, 9.17) is 4.74 Å². The Morgan fingerprint density at radius 3 is 2.53 bits per heavy atom. The molecule has 2 unspecified atom stereocenters. The molecule has 0 aromatic carbocycles. The second kappa shape index (κ2) is 5.64. The zero-order valence-corrected chi connectivity index (χ0v) is 12.2. The SMILES string of the molecule is CC1CCOC1C(=O)NC(C)(CBr)CBr. The monoisotopic (exact) mass is 341 g/mol. The van der Waals surface area contributed by atoms with Crippen molar-refractivity contribution in [1.82, 2.24) is 5.32 Å². The first-order chi connectivity index (χ1) is 7.02. The third-order valence-electron chi connectivity index (χ3n) is 2.66. The zero-order valence-electron chi connectivity index (χ0n) is 9.06. The molecule has 1 aliphatic heterocycles. The van der Waals surface area contributed by atoms with Crippen LogP contribution in [0.2, 0.25) is 0 Å². The van der Waals surface area contributed by atoms with Crippen molar-refractivity contribution in [2.75, 3.05) is 17.3 Å². The maximum atomic E-state index is 11.9. The topological polar surface area (TPSA) is 38.3 Å². The maximum Gasteiger partial charge on any atom is 0.249 e. The number of halogens is 2. The molecule has 0 saturated carbocycles. The number of ether oxygens (including phenoxy) is 1. The smallest absolute Gasteiger partial charge is 0.249 e. The number of hydrogen-bond acceptors (Lipinski definition) is 2. The maximum absolute atomic E-state index is 11.9. The Kier molecular flexibility index (Phi) is 5.06. The summed E-state index contributed by atoms with van der Waals surface area (Å²) < 4.78 is 5.42. The molecule has 5 heteroatoms. The molecule has 3 nitrogen and oxygen atoms in total. The van der Waals surface area contributed by atoms with Gasteiger partial charge in [-0.3, -0.25) is 4.79 Å². The molecule has 0 spiro atoms. The van der Waals surface area contributed by atoms with Gasteiger partial charge >= 0.3 is 0 Å². The van der Waals surface area contributed by atoms with Gasteiger partial charge in [0.2, 0.25) is 5.91 Å². The second-order valence-electron chi connectivity index (χ2n) is 4.37. The van der Waals surface area contributed by atoms with E-state index in [1.165, 1.54) is 0 Å². The van der Waals surface area contributed by atoms with Gasteiger partial charge < -0.3 is 10.1 Å². The number of rotatable bonds is 4. The molecule has 0 bridgehead atoms. The minimum absolute atomic E-state index is 0.00130. The largest absolute Gasteiger partial charge is 0.368 e. The summed E-state index contributed by atoms with van der Waals surface area (Å²) in [4.78, 5) is 11.9. The van der Waals surface area contributed by atoms with E-state index in [2.05, 4.69) is 44.1 Å². The number of carbonyl (C=O) groups is 1. The molecular formula is C10H17Br2NO2. The van der Waals surface area contributed by atoms with Crippen LogP contribution in [0.5, 0.6) is 0 Å². The van der Waals surface area contributed by atoms with Crippen LogP contribution >= 0.6 is 31.9 Å². The Hall–Kier alpha value is 0.390. The van der Waals surface area contributed by atoms with Crippen LogP contribution in [0.3, 0.4) is 0 Å². The third-order valence-corrected chi connectivity index (χ3v) is 5.14. The van der Waals surface area contributed by atoms with Crippen LogP contribution in [0.1, 0.15) is 20.3 Å². The quantitative estimate of drug-likeness (QED) is 0.794. The number of alkyl halides is 2. The van der Waals surface area contributed by atoms with Crippen LogP contribution in [0.15, 0.2) is 0 Å². The molecule has 2 atom stereocenters. The summed E-state index contributed by atoms with van der Waals surface area (Å²) in [7, 11) is 0. The van der Waals surface area contributed by atoms with E-state index in [1.54, 1.807) is 0 Å². The average molecular weight is 343 g/mol. The summed E-state index contributed by atoms with van der Waals surface area (Å²) in [5.74, 6) is 0.321. The van der Waals surface area contributed by atoms with E-state index in [1.807, 2.05) is 6.92 Å². The van der Waals surface area contributed by atoms with Crippen molar-refractivity contribution in [3.05, 3.63) is 0 Å². The number of carbonyl (C=O) groups excluding carboxylic acids is 1. The molecule has 1 N–H and O–H groups in total. The van der Waals surface area contributed by atoms with Gasteiger partial charge in [0.05, 0.1) is 5.54 Å². The molecule has 1 heterocycles. The average Bonchev–Trinajstić information content (AvgIpc) is 2.64. The second-order valence-corrected chi connectivity index (χ2v) is 5.50. The first-order valence-electron chi connectivity index (χ1n) is 5.08. The van der Waals surface area contributed by atoms with Gasteiger partial charge in [-0.05, 0) is 19.3 Å². The minimum Gasteiger partial charge on any atom is -0.368 e. The summed E-state index contributed by atoms with van der Waals surface area (Å²) in [6.45, 7) is 4.74. The fourth-order valence-corrected chi connectivity index (χ4v) is 2.71. The standard InChI is InChI=1S/C10H17Br2NO2/c1-7-3-4-15-8(7)9(14)13-10(2,5-11)6-12/h7-8H,3-6H2,1-2H3,(H,13,14). The lowest BCUT2D eigenvalue weighted by Gasteiger charge is -2.28. The van der Waals surface area contributed by atoms with E-state index < -0.39 is 0 Å². The Balaban J connectivity index is 2.54. The van der Waals surface area contributed by atoms with Crippen LogP contribution in [0.4, 0.5) is 0 Å². The Morgan fingerprint density at radius 2 is 2.13 bits per heavy atom. The summed E-state index contributed by atoms with van der Waals surface area (Å²) in [5, 5.41) is 4.45. The van der Waals surface area contributed by atoms with Gasteiger partial charge in [-0.15, -0.1) is 0 Å². The van der Waals surface area contributed by atoms with E-state index >= 15 is 0 Å². The van der Waals surface area contributed by atoms with Crippen molar-refractivity contribution in [3.63, 3.8) is 0 Å². The molecule has 0 aromatic rings. The molecule has 88 valence electrons. The summed E-state index contributed by atoms with van der Waals surface area (Å²) >= 11 is 6.80. The highest BCUT2D eigenvalue weighted by atomic mass is 79.9. The number of nitrogens with one attached hydrogen (secondary N) is 1. The highest BCUT2D eigenvalue weighted by molar-refractivity contribution is 9.09. The van der Waals surface area contributed by atoms with E-state index in [0.29, 0.717) is 12.5 Å². The fraction of sp³-hybridized carbons (Fsp3) is 0.900. The van der Waals surface area contributed by atoms with E-state index in [9.17, 15) is 4.79 Å². The molecule has 1 rings (SSSR count). The van der Waals surface area contributed by atoms with Gasteiger partial charge in [0.15, 0.2) is 0 Å². The van der Waals surface area contributed by atoms with Gasteiger partial charge in [-0.1, -0.05) is 38.8 Å². The zero-order chi connectivity index (χ0) is 11.5. The molecule has 1 amide bonds. The summed E-state index contributed by atoms with van der Waals surface area (Å²) in [6.07, 6.45) is 0.694. The van der Waals surface area contributed by atoms with E-state index in [0.717, 1.165) is 17.1 Å². The molecule has 1 fully saturated rings. The minimum atomic E-state index is -0.276. The van der Waals surface area contributed by atoms with Gasteiger partial charge in [0.1, 0.15) is 6.10 Å². The molecule has 1 aliphatic rings. The number of hydrogen-bond donors (Lipinski definition) is 1. The van der Waals surface area contributed by atoms with Crippen molar-refractivity contribution in [2.24, 2.45) is 5.92 Å². The lowest BCUT2D eigenvalue weighted by Crippen LogP contribution is -2.53. The first-order valence-corrected chi connectivity index (χ1v) is 7.32. The fourth-order valence-electron chi connectivity index (χ4n) is 1.50. The molecular weight excluding hydrogens is 326 g/mol. The Morgan fingerprint density at radius 1 is 1.53 bits per heavy atom. The van der Waals surface area contributed by atoms with Gasteiger partial charge in [-0.2, -0.15) is 0 Å². The lowest BCUT2D eigenvalue weighted by molar-refractivity contribution is -0.132. The number of amides is 1. The van der Waals surface area contributed by atoms with Crippen LogP contribution in [-0.2, 0) is 9.53 Å². The lowest BCUT2D eigenvalue weighted by atomic mass is 10.0. The highest BCUT2D eigenvalue weighted by Gasteiger charge is 2.34. The molecule has 0 radical (unpaired) electrons. The van der Waals surface area contributed by atoms with Crippen LogP contribution < -0.4 is 5.32 Å². The van der Waals surface area contributed by atoms with Gasteiger partial charge in [0.25, 0.3) is 0 Å². The predicted octanol–water partition coefficient (Wildman–Crippen LogP) is 2.08. The van der Waals surface area contributed by atoms with Crippen LogP contribution in [0, 0.1) is 5.92 Å². The van der Waals surface area contributed by atoms with Crippen molar-refractivity contribution in [2.45, 2.75) is 31.9 Å². The van der Waals surface area contributed by atoms with Gasteiger partial charge in [0, 0.05) is 17.3 Å². The van der Waals surface area contributed by atoms with Crippen LogP contribution in [-0.4, -0.2) is 34.8 Å². The summed E-state index contributed by atoms with van der Waals surface area (Å²) in [5.41, 5.74) is -0.247. The van der Waals surface area contributed by atoms with Crippen molar-refractivity contribution in [1.29, 1.82) is 0 Å². The van der Waals surface area contributed by atoms with Crippen molar-refractivity contribution < 1.29 is 9.53 Å². The summed E-state index contributed by atoms with van der Waals surface area (Å²) in [6, 6.07) is 0.